The first-order valence-electron chi connectivity index (χ1n) is 3.98. The molecule has 0 heterocycles. The summed E-state index contributed by atoms with van der Waals surface area (Å²) < 4.78 is 18.4. The van der Waals surface area contributed by atoms with Gasteiger partial charge in [0.25, 0.3) is 0 Å². The van der Waals surface area contributed by atoms with Crippen LogP contribution in [0.1, 0.15) is 17.3 Å². The number of carbonyl (C=O) groups is 1. The molecule has 0 unspecified atom stereocenters. The number of esters is 1. The van der Waals surface area contributed by atoms with Gasteiger partial charge in [0, 0.05) is 4.47 Å². The van der Waals surface area contributed by atoms with Crippen LogP contribution in [-0.4, -0.2) is 12.6 Å². The molecule has 0 aliphatic heterocycles. The highest BCUT2D eigenvalue weighted by atomic mass is 79.9. The molecule has 1 aromatic carbocycles. The summed E-state index contributed by atoms with van der Waals surface area (Å²) in [5, 5.41) is 0. The SMILES string of the molecule is CCOC(=O)c1c(Br)ccc(N)c1F. The van der Waals surface area contributed by atoms with Crippen molar-refractivity contribution in [2.75, 3.05) is 12.3 Å². The van der Waals surface area contributed by atoms with Crippen molar-refractivity contribution in [1.82, 2.24) is 0 Å². The van der Waals surface area contributed by atoms with Gasteiger partial charge < -0.3 is 10.5 Å². The minimum atomic E-state index is -0.752. The molecule has 0 radical (unpaired) electrons. The van der Waals surface area contributed by atoms with E-state index >= 15 is 0 Å². The highest BCUT2D eigenvalue weighted by molar-refractivity contribution is 9.10. The van der Waals surface area contributed by atoms with Crippen LogP contribution in [0.2, 0.25) is 0 Å². The number of nitrogen functional groups attached to an aromatic ring is 1. The van der Waals surface area contributed by atoms with E-state index in [1.54, 1.807) is 6.92 Å². The molecule has 1 rings (SSSR count). The third kappa shape index (κ3) is 2.04. The zero-order valence-electron chi connectivity index (χ0n) is 7.51. The van der Waals surface area contributed by atoms with E-state index in [2.05, 4.69) is 20.7 Å². The van der Waals surface area contributed by atoms with E-state index in [4.69, 9.17) is 5.73 Å². The van der Waals surface area contributed by atoms with Gasteiger partial charge >= 0.3 is 5.97 Å². The third-order valence-corrected chi connectivity index (χ3v) is 2.26. The van der Waals surface area contributed by atoms with Gasteiger partial charge in [-0.25, -0.2) is 9.18 Å². The Hall–Kier alpha value is -1.10. The Balaban J connectivity index is 3.18. The fourth-order valence-electron chi connectivity index (χ4n) is 0.959. The maximum Gasteiger partial charge on any atom is 0.342 e. The third-order valence-electron chi connectivity index (χ3n) is 1.60. The van der Waals surface area contributed by atoms with Crippen molar-refractivity contribution in [3.05, 3.63) is 28.0 Å². The molecule has 0 spiro atoms. The van der Waals surface area contributed by atoms with E-state index in [9.17, 15) is 9.18 Å². The largest absolute Gasteiger partial charge is 0.462 e. The molecule has 5 heteroatoms. The number of rotatable bonds is 2. The molecule has 0 bridgehead atoms. The van der Waals surface area contributed by atoms with Gasteiger partial charge in [0.15, 0.2) is 5.82 Å². The van der Waals surface area contributed by atoms with Crippen LogP contribution in [0.15, 0.2) is 16.6 Å². The second-order valence-electron chi connectivity index (χ2n) is 2.55. The van der Waals surface area contributed by atoms with E-state index < -0.39 is 11.8 Å². The molecule has 3 nitrogen and oxygen atoms in total. The van der Waals surface area contributed by atoms with Gasteiger partial charge in [-0.2, -0.15) is 0 Å². The summed E-state index contributed by atoms with van der Waals surface area (Å²) in [5.74, 6) is -1.47. The van der Waals surface area contributed by atoms with Crippen LogP contribution < -0.4 is 5.73 Å². The number of halogens is 2. The standard InChI is InChI=1S/C9H9BrFNO2/c1-2-14-9(13)7-5(10)3-4-6(12)8(7)11/h3-4H,2,12H2,1H3. The van der Waals surface area contributed by atoms with Crippen molar-refractivity contribution in [2.24, 2.45) is 0 Å². The van der Waals surface area contributed by atoms with Gasteiger partial charge in [0.2, 0.25) is 0 Å². The molecule has 1 aromatic rings. The van der Waals surface area contributed by atoms with Crippen LogP contribution in [0.5, 0.6) is 0 Å². The summed E-state index contributed by atoms with van der Waals surface area (Å²) >= 11 is 3.06. The number of hydrogen-bond acceptors (Lipinski definition) is 3. The summed E-state index contributed by atoms with van der Waals surface area (Å²) in [7, 11) is 0. The van der Waals surface area contributed by atoms with Gasteiger partial charge in [0.05, 0.1) is 12.3 Å². The monoisotopic (exact) mass is 261 g/mol. The van der Waals surface area contributed by atoms with Gasteiger partial charge in [0.1, 0.15) is 5.56 Å². The molecule has 2 N–H and O–H groups in total. The zero-order valence-corrected chi connectivity index (χ0v) is 9.10. The predicted octanol–water partition coefficient (Wildman–Crippen LogP) is 2.35. The fraction of sp³-hybridized carbons (Fsp3) is 0.222. The molecular formula is C9H9BrFNO2. The number of carbonyl (C=O) groups excluding carboxylic acids is 1. The first-order valence-corrected chi connectivity index (χ1v) is 4.77. The van der Waals surface area contributed by atoms with Crippen LogP contribution in [0.25, 0.3) is 0 Å². The Morgan fingerprint density at radius 2 is 2.29 bits per heavy atom. The molecule has 0 aromatic heterocycles. The number of nitrogens with two attached hydrogens (primary N) is 1. The van der Waals surface area contributed by atoms with Gasteiger partial charge in [-0.05, 0) is 35.0 Å². The molecule has 0 aliphatic rings. The van der Waals surface area contributed by atoms with Crippen molar-refractivity contribution < 1.29 is 13.9 Å². The van der Waals surface area contributed by atoms with Gasteiger partial charge in [-0.15, -0.1) is 0 Å². The predicted molar refractivity (Wildman–Crippen MR) is 54.5 cm³/mol. The Labute approximate surface area is 89.2 Å². The van der Waals surface area contributed by atoms with Crippen molar-refractivity contribution in [3.63, 3.8) is 0 Å². The maximum atomic E-state index is 13.4. The van der Waals surface area contributed by atoms with Crippen LogP contribution in [0, 0.1) is 5.82 Å². The Kier molecular flexibility index (Phi) is 3.46. The quantitative estimate of drug-likeness (QED) is 0.657. The van der Waals surface area contributed by atoms with E-state index in [-0.39, 0.29) is 17.9 Å². The van der Waals surface area contributed by atoms with Crippen molar-refractivity contribution in [3.8, 4) is 0 Å². The summed E-state index contributed by atoms with van der Waals surface area (Å²) in [6, 6.07) is 2.88. The number of hydrogen-bond donors (Lipinski definition) is 1. The minimum Gasteiger partial charge on any atom is -0.462 e. The molecule has 0 fully saturated rings. The van der Waals surface area contributed by atoms with Crippen LogP contribution >= 0.6 is 15.9 Å². The van der Waals surface area contributed by atoms with E-state index in [0.717, 1.165) is 0 Å². The van der Waals surface area contributed by atoms with Crippen molar-refractivity contribution in [2.45, 2.75) is 6.92 Å². The van der Waals surface area contributed by atoms with Crippen LogP contribution in [0.4, 0.5) is 10.1 Å². The Morgan fingerprint density at radius 3 is 2.86 bits per heavy atom. The number of ether oxygens (including phenoxy) is 1. The Morgan fingerprint density at radius 1 is 1.64 bits per heavy atom. The smallest absolute Gasteiger partial charge is 0.342 e. The molecule has 0 aliphatic carbocycles. The van der Waals surface area contributed by atoms with Crippen LogP contribution in [-0.2, 0) is 4.74 Å². The molecule has 0 saturated carbocycles. The summed E-state index contributed by atoms with van der Waals surface area (Å²) in [6.45, 7) is 1.84. The lowest BCUT2D eigenvalue weighted by molar-refractivity contribution is 0.0520. The topological polar surface area (TPSA) is 52.3 Å². The van der Waals surface area contributed by atoms with Gasteiger partial charge in [-0.3, -0.25) is 0 Å². The minimum absolute atomic E-state index is 0.0729. The summed E-state index contributed by atoms with van der Waals surface area (Å²) in [5.41, 5.74) is 5.09. The zero-order chi connectivity index (χ0) is 10.7. The van der Waals surface area contributed by atoms with Crippen molar-refractivity contribution in [1.29, 1.82) is 0 Å². The number of benzene rings is 1. The van der Waals surface area contributed by atoms with Crippen molar-refractivity contribution >= 4 is 27.6 Å². The van der Waals surface area contributed by atoms with E-state index in [1.165, 1.54) is 12.1 Å². The molecule has 0 saturated heterocycles. The first-order chi connectivity index (χ1) is 6.57. The summed E-state index contributed by atoms with van der Waals surface area (Å²) in [4.78, 5) is 11.3. The molecule has 76 valence electrons. The Bertz CT molecular complexity index is 368. The molecule has 0 atom stereocenters. The van der Waals surface area contributed by atoms with E-state index in [1.807, 2.05) is 0 Å². The maximum absolute atomic E-state index is 13.4. The number of anilines is 1. The van der Waals surface area contributed by atoms with E-state index in [0.29, 0.717) is 4.47 Å². The first kappa shape index (κ1) is 11.0. The normalized spacial score (nSPS) is 9.93. The lowest BCUT2D eigenvalue weighted by Gasteiger charge is -2.06. The highest BCUT2D eigenvalue weighted by Crippen LogP contribution is 2.24. The second kappa shape index (κ2) is 4.41. The summed E-state index contributed by atoms with van der Waals surface area (Å²) in [6.07, 6.45) is 0. The average molecular weight is 262 g/mol. The second-order valence-corrected chi connectivity index (χ2v) is 3.40. The lowest BCUT2D eigenvalue weighted by atomic mass is 10.2. The fourth-order valence-corrected chi connectivity index (χ4v) is 1.43. The molecule has 14 heavy (non-hydrogen) atoms. The molecule has 0 amide bonds. The highest BCUT2D eigenvalue weighted by Gasteiger charge is 2.18. The van der Waals surface area contributed by atoms with Gasteiger partial charge in [-0.1, -0.05) is 0 Å². The lowest BCUT2D eigenvalue weighted by Crippen LogP contribution is -2.09. The molecular weight excluding hydrogens is 253 g/mol. The average Bonchev–Trinajstić information content (AvgIpc) is 2.13. The van der Waals surface area contributed by atoms with Crippen LogP contribution in [0.3, 0.4) is 0 Å².